The molecule has 0 saturated heterocycles. The molecule has 2 aromatic rings. The van der Waals surface area contributed by atoms with Gasteiger partial charge in [-0.15, -0.1) is 36.2 Å². The van der Waals surface area contributed by atoms with Gasteiger partial charge < -0.3 is 10.6 Å². The van der Waals surface area contributed by atoms with Gasteiger partial charge in [-0.25, -0.2) is 4.98 Å². The molecule has 1 unspecified atom stereocenters. The lowest BCUT2D eigenvalue weighted by atomic mass is 10.1. The van der Waals surface area contributed by atoms with Crippen molar-refractivity contribution in [2.24, 2.45) is 5.73 Å². The third-order valence-corrected chi connectivity index (χ3v) is 3.61. The van der Waals surface area contributed by atoms with Crippen LogP contribution in [-0.4, -0.2) is 28.9 Å². The molecule has 1 atom stereocenters. The first kappa shape index (κ1) is 19.9. The van der Waals surface area contributed by atoms with Crippen LogP contribution in [-0.2, 0) is 17.8 Å². The molecule has 2 rings (SSSR count). The first-order chi connectivity index (χ1) is 9.16. The summed E-state index contributed by atoms with van der Waals surface area (Å²) in [6, 6.07) is 9.30. The average Bonchev–Trinajstić information content (AvgIpc) is 2.91. The molecule has 1 amide bonds. The number of hydrogen-bond donors (Lipinski definition) is 1. The Morgan fingerprint density at radius 1 is 1.33 bits per heavy atom. The Morgan fingerprint density at radius 3 is 2.57 bits per heavy atom. The van der Waals surface area contributed by atoms with E-state index in [1.54, 1.807) is 18.1 Å². The number of nitrogens with zero attached hydrogens (tertiary/aromatic N) is 2. The third kappa shape index (κ3) is 6.01. The fourth-order valence-corrected chi connectivity index (χ4v) is 2.52. The van der Waals surface area contributed by atoms with Crippen LogP contribution >= 0.6 is 36.2 Å². The molecule has 0 bridgehead atoms. The number of thiazole rings is 1. The monoisotopic (exact) mass is 347 g/mol. The molecule has 0 fully saturated rings. The number of rotatable bonds is 5. The van der Waals surface area contributed by atoms with Crippen LogP contribution in [0, 0.1) is 0 Å². The van der Waals surface area contributed by atoms with Crippen molar-refractivity contribution in [2.75, 3.05) is 7.05 Å². The van der Waals surface area contributed by atoms with Crippen LogP contribution in [0.4, 0.5) is 0 Å². The van der Waals surface area contributed by atoms with E-state index in [0.717, 1.165) is 10.6 Å². The number of amides is 1. The van der Waals surface area contributed by atoms with E-state index in [1.807, 2.05) is 35.7 Å². The summed E-state index contributed by atoms with van der Waals surface area (Å²) in [4.78, 5) is 17.9. The van der Waals surface area contributed by atoms with Crippen molar-refractivity contribution >= 4 is 42.1 Å². The lowest BCUT2D eigenvalue weighted by Crippen LogP contribution is -2.42. The van der Waals surface area contributed by atoms with Gasteiger partial charge in [0.1, 0.15) is 5.01 Å². The highest BCUT2D eigenvalue weighted by Crippen LogP contribution is 2.09. The van der Waals surface area contributed by atoms with Crippen molar-refractivity contribution in [3.8, 4) is 0 Å². The molecule has 0 aliphatic rings. The van der Waals surface area contributed by atoms with Gasteiger partial charge in [-0.05, 0) is 12.0 Å². The van der Waals surface area contributed by atoms with Gasteiger partial charge in [0, 0.05) is 18.6 Å². The predicted octanol–water partition coefficient (Wildman–Crippen LogP) is 2.52. The van der Waals surface area contributed by atoms with Gasteiger partial charge in [0.05, 0.1) is 12.6 Å². The molecule has 0 saturated carbocycles. The van der Waals surface area contributed by atoms with Crippen LogP contribution in [0.1, 0.15) is 10.6 Å². The largest absolute Gasteiger partial charge is 0.338 e. The van der Waals surface area contributed by atoms with E-state index >= 15 is 0 Å². The topological polar surface area (TPSA) is 59.2 Å². The van der Waals surface area contributed by atoms with E-state index in [9.17, 15) is 4.79 Å². The molecule has 1 aromatic carbocycles. The zero-order chi connectivity index (χ0) is 13.7. The Hall–Kier alpha value is -1.14. The molecule has 4 nitrogen and oxygen atoms in total. The fraction of sp³-hybridized carbons (Fsp3) is 0.286. The van der Waals surface area contributed by atoms with Crippen LogP contribution in [0.5, 0.6) is 0 Å². The molecule has 1 heterocycles. The molecule has 2 N–H and O–H groups in total. The Kier molecular flexibility index (Phi) is 9.21. The van der Waals surface area contributed by atoms with Gasteiger partial charge in [0.15, 0.2) is 0 Å². The average molecular weight is 348 g/mol. The lowest BCUT2D eigenvalue weighted by molar-refractivity contribution is -0.131. The van der Waals surface area contributed by atoms with E-state index < -0.39 is 6.04 Å². The molecule has 0 spiro atoms. The zero-order valence-corrected chi connectivity index (χ0v) is 14.1. The Balaban J connectivity index is 0.00000200. The second kappa shape index (κ2) is 9.73. The van der Waals surface area contributed by atoms with Crippen molar-refractivity contribution in [1.29, 1.82) is 0 Å². The van der Waals surface area contributed by atoms with E-state index in [0.29, 0.717) is 13.0 Å². The molecule has 7 heteroatoms. The van der Waals surface area contributed by atoms with Crippen molar-refractivity contribution < 1.29 is 4.79 Å². The summed E-state index contributed by atoms with van der Waals surface area (Å²) in [5.74, 6) is -0.0564. The highest BCUT2D eigenvalue weighted by Gasteiger charge is 2.19. The molecule has 116 valence electrons. The highest BCUT2D eigenvalue weighted by atomic mass is 35.5. The number of carbonyl (C=O) groups is 1. The minimum Gasteiger partial charge on any atom is -0.338 e. The van der Waals surface area contributed by atoms with Gasteiger partial charge in [-0.3, -0.25) is 4.79 Å². The molecule has 1 aromatic heterocycles. The second-order valence-corrected chi connectivity index (χ2v) is 5.40. The van der Waals surface area contributed by atoms with Gasteiger partial charge in [0.25, 0.3) is 0 Å². The van der Waals surface area contributed by atoms with Crippen LogP contribution in [0.3, 0.4) is 0 Å². The van der Waals surface area contributed by atoms with Gasteiger partial charge >= 0.3 is 0 Å². The number of hydrogen-bond acceptors (Lipinski definition) is 4. The summed E-state index contributed by atoms with van der Waals surface area (Å²) in [6.07, 6.45) is 2.30. The summed E-state index contributed by atoms with van der Waals surface area (Å²) in [6.45, 7) is 0.513. The maximum Gasteiger partial charge on any atom is 0.239 e. The van der Waals surface area contributed by atoms with Crippen LogP contribution in [0.15, 0.2) is 41.9 Å². The van der Waals surface area contributed by atoms with Crippen LogP contribution < -0.4 is 5.73 Å². The lowest BCUT2D eigenvalue weighted by Gasteiger charge is -2.20. The van der Waals surface area contributed by atoms with Crippen molar-refractivity contribution in [2.45, 2.75) is 19.0 Å². The summed E-state index contributed by atoms with van der Waals surface area (Å²) in [5.41, 5.74) is 7.05. The van der Waals surface area contributed by atoms with Gasteiger partial charge in [-0.1, -0.05) is 30.3 Å². The van der Waals surface area contributed by atoms with E-state index in [-0.39, 0.29) is 30.7 Å². The first-order valence-corrected chi connectivity index (χ1v) is 6.97. The van der Waals surface area contributed by atoms with Crippen molar-refractivity contribution in [3.05, 3.63) is 52.5 Å². The fourth-order valence-electron chi connectivity index (χ4n) is 1.85. The Bertz CT molecular complexity index is 522. The summed E-state index contributed by atoms with van der Waals surface area (Å²) in [7, 11) is 1.76. The quantitative estimate of drug-likeness (QED) is 0.903. The van der Waals surface area contributed by atoms with E-state index in [2.05, 4.69) is 4.98 Å². The second-order valence-electron chi connectivity index (χ2n) is 4.42. The Morgan fingerprint density at radius 2 is 2.00 bits per heavy atom. The number of nitrogens with two attached hydrogens (primary N) is 1. The highest BCUT2D eigenvalue weighted by molar-refractivity contribution is 7.09. The SMILES string of the molecule is CN(Cc1nccs1)C(=O)C(N)Cc1ccccc1.Cl.Cl. The number of benzene rings is 1. The van der Waals surface area contributed by atoms with Gasteiger partial charge in [-0.2, -0.15) is 0 Å². The number of carbonyl (C=O) groups excluding carboxylic acids is 1. The number of halogens is 2. The van der Waals surface area contributed by atoms with Crippen LogP contribution in [0.25, 0.3) is 0 Å². The zero-order valence-electron chi connectivity index (χ0n) is 11.6. The molecule has 0 aliphatic heterocycles. The van der Waals surface area contributed by atoms with E-state index in [4.69, 9.17) is 5.73 Å². The molecular formula is C14H19Cl2N3OS. The summed E-state index contributed by atoms with van der Waals surface area (Å²) < 4.78 is 0. The smallest absolute Gasteiger partial charge is 0.239 e. The molecular weight excluding hydrogens is 329 g/mol. The van der Waals surface area contributed by atoms with Crippen molar-refractivity contribution in [3.63, 3.8) is 0 Å². The van der Waals surface area contributed by atoms with Crippen LogP contribution in [0.2, 0.25) is 0 Å². The standard InChI is InChI=1S/C14H17N3OS.2ClH/c1-17(10-13-16-7-8-19-13)14(18)12(15)9-11-5-3-2-4-6-11;;/h2-8,12H,9-10,15H2,1H3;2*1H. The molecule has 21 heavy (non-hydrogen) atoms. The normalized spacial score (nSPS) is 11.0. The molecule has 0 radical (unpaired) electrons. The van der Waals surface area contributed by atoms with E-state index in [1.165, 1.54) is 11.3 Å². The van der Waals surface area contributed by atoms with Gasteiger partial charge in [0.2, 0.25) is 5.91 Å². The Labute approximate surface area is 141 Å². The first-order valence-electron chi connectivity index (χ1n) is 6.09. The summed E-state index contributed by atoms with van der Waals surface area (Å²) >= 11 is 1.54. The maximum atomic E-state index is 12.2. The predicted molar refractivity (Wildman–Crippen MR) is 91.2 cm³/mol. The minimum absolute atomic E-state index is 0. The third-order valence-electron chi connectivity index (χ3n) is 2.85. The minimum atomic E-state index is -0.507. The molecule has 0 aliphatic carbocycles. The number of likely N-dealkylation sites (N-methyl/N-ethyl adjacent to an activating group) is 1. The number of aromatic nitrogens is 1. The van der Waals surface area contributed by atoms with Crippen molar-refractivity contribution in [1.82, 2.24) is 9.88 Å². The summed E-state index contributed by atoms with van der Waals surface area (Å²) in [5, 5.41) is 2.82. The maximum absolute atomic E-state index is 12.2.